The molecule has 0 aliphatic rings. The lowest BCUT2D eigenvalue weighted by atomic mass is 10.1. The zero-order chi connectivity index (χ0) is 20.7. The summed E-state index contributed by atoms with van der Waals surface area (Å²) in [6, 6.07) is 9.65. The SMILES string of the molecule is CC(C)CCNc1nc(NCCOCCOCCN)nc(Oc2ccccc2)n1. The molecule has 4 N–H and O–H groups in total. The normalized spacial score (nSPS) is 10.9. The molecule has 0 fully saturated rings. The van der Waals surface area contributed by atoms with Crippen LogP contribution in [0.25, 0.3) is 0 Å². The van der Waals surface area contributed by atoms with Crippen LogP contribution in [0.1, 0.15) is 20.3 Å². The maximum absolute atomic E-state index is 5.77. The van der Waals surface area contributed by atoms with Gasteiger partial charge in [0.25, 0.3) is 0 Å². The maximum atomic E-state index is 5.77. The van der Waals surface area contributed by atoms with Crippen molar-refractivity contribution in [2.75, 3.05) is 56.7 Å². The molecule has 0 amide bonds. The summed E-state index contributed by atoms with van der Waals surface area (Å²) in [4.78, 5) is 13.1. The minimum Gasteiger partial charge on any atom is -0.424 e. The Balaban J connectivity index is 1.89. The van der Waals surface area contributed by atoms with E-state index in [-0.39, 0.29) is 6.01 Å². The fourth-order valence-electron chi connectivity index (χ4n) is 2.27. The molecule has 2 aromatic rings. The molecule has 9 heteroatoms. The van der Waals surface area contributed by atoms with Crippen molar-refractivity contribution in [3.63, 3.8) is 0 Å². The second-order valence-electron chi connectivity index (χ2n) is 6.73. The molecule has 0 saturated carbocycles. The molecular weight excluding hydrogens is 372 g/mol. The Morgan fingerprint density at radius 3 is 2.17 bits per heavy atom. The summed E-state index contributed by atoms with van der Waals surface area (Å²) in [6.45, 7) is 8.29. The highest BCUT2D eigenvalue weighted by molar-refractivity contribution is 5.37. The van der Waals surface area contributed by atoms with E-state index < -0.39 is 0 Å². The van der Waals surface area contributed by atoms with Gasteiger partial charge in [-0.15, -0.1) is 0 Å². The first-order valence-electron chi connectivity index (χ1n) is 9.99. The Morgan fingerprint density at radius 1 is 0.862 bits per heavy atom. The Morgan fingerprint density at radius 2 is 1.52 bits per heavy atom. The van der Waals surface area contributed by atoms with Gasteiger partial charge in [0.05, 0.1) is 26.4 Å². The number of nitrogens with zero attached hydrogens (tertiary/aromatic N) is 3. The van der Waals surface area contributed by atoms with Crippen LogP contribution in [0, 0.1) is 5.92 Å². The molecule has 9 nitrogen and oxygen atoms in total. The van der Waals surface area contributed by atoms with Crippen LogP contribution in [0.2, 0.25) is 0 Å². The van der Waals surface area contributed by atoms with E-state index in [1.54, 1.807) is 0 Å². The van der Waals surface area contributed by atoms with Crippen LogP contribution in [-0.4, -0.2) is 61.0 Å². The smallest absolute Gasteiger partial charge is 0.328 e. The lowest BCUT2D eigenvalue weighted by molar-refractivity contribution is 0.0547. The van der Waals surface area contributed by atoms with Gasteiger partial charge >= 0.3 is 6.01 Å². The average molecular weight is 405 g/mol. The standard InChI is InChI=1S/C20H32N6O3/c1-16(2)8-10-22-18-24-19(23-11-13-28-15-14-27-12-9-21)26-20(25-18)29-17-6-4-3-5-7-17/h3-7,16H,8-15,21H2,1-2H3,(H2,22,23,24,25,26). The zero-order valence-electron chi connectivity index (χ0n) is 17.3. The second kappa shape index (κ2) is 13.6. The van der Waals surface area contributed by atoms with E-state index in [9.17, 15) is 0 Å². The first kappa shape index (κ1) is 22.8. The lowest BCUT2D eigenvalue weighted by Crippen LogP contribution is -2.16. The Hall–Kier alpha value is -2.49. The van der Waals surface area contributed by atoms with Crippen molar-refractivity contribution in [2.24, 2.45) is 11.7 Å². The van der Waals surface area contributed by atoms with Gasteiger partial charge in [0.15, 0.2) is 0 Å². The molecule has 1 aromatic heterocycles. The minimum atomic E-state index is 0.233. The van der Waals surface area contributed by atoms with Crippen LogP contribution in [0.3, 0.4) is 0 Å². The summed E-state index contributed by atoms with van der Waals surface area (Å²) in [6.07, 6.45) is 1.02. The first-order chi connectivity index (χ1) is 14.2. The number of anilines is 2. The number of ether oxygens (including phenoxy) is 3. The minimum absolute atomic E-state index is 0.233. The summed E-state index contributed by atoms with van der Waals surface area (Å²) >= 11 is 0. The monoisotopic (exact) mass is 404 g/mol. The topological polar surface area (TPSA) is 116 Å². The van der Waals surface area contributed by atoms with Crippen LogP contribution in [0.4, 0.5) is 11.9 Å². The van der Waals surface area contributed by atoms with Gasteiger partial charge in [-0.3, -0.25) is 0 Å². The predicted octanol–water partition coefficient (Wildman–Crippen LogP) is 2.53. The largest absolute Gasteiger partial charge is 0.424 e. The Labute approximate surface area is 172 Å². The lowest BCUT2D eigenvalue weighted by Gasteiger charge is -2.11. The van der Waals surface area contributed by atoms with Gasteiger partial charge in [0, 0.05) is 19.6 Å². The third-order valence-corrected chi connectivity index (χ3v) is 3.74. The molecule has 0 radical (unpaired) electrons. The van der Waals surface area contributed by atoms with Crippen LogP contribution in [0.15, 0.2) is 30.3 Å². The van der Waals surface area contributed by atoms with Crippen LogP contribution in [-0.2, 0) is 9.47 Å². The molecule has 0 aliphatic carbocycles. The van der Waals surface area contributed by atoms with E-state index in [4.69, 9.17) is 19.9 Å². The van der Waals surface area contributed by atoms with E-state index in [1.165, 1.54) is 0 Å². The number of rotatable bonds is 15. The molecule has 160 valence electrons. The summed E-state index contributed by atoms with van der Waals surface area (Å²) in [5.41, 5.74) is 5.36. The van der Waals surface area contributed by atoms with Crippen molar-refractivity contribution in [2.45, 2.75) is 20.3 Å². The number of hydrogen-bond acceptors (Lipinski definition) is 9. The van der Waals surface area contributed by atoms with Gasteiger partial charge in [0.1, 0.15) is 5.75 Å². The summed E-state index contributed by atoms with van der Waals surface area (Å²) < 4.78 is 16.5. The van der Waals surface area contributed by atoms with Gasteiger partial charge in [-0.2, -0.15) is 15.0 Å². The number of hydrogen-bond donors (Lipinski definition) is 3. The molecular formula is C20H32N6O3. The number of aromatic nitrogens is 3. The van der Waals surface area contributed by atoms with Crippen molar-refractivity contribution in [1.82, 2.24) is 15.0 Å². The highest BCUT2D eigenvalue weighted by Gasteiger charge is 2.09. The summed E-state index contributed by atoms with van der Waals surface area (Å²) in [5.74, 6) is 2.16. The zero-order valence-corrected chi connectivity index (χ0v) is 17.3. The molecule has 29 heavy (non-hydrogen) atoms. The van der Waals surface area contributed by atoms with E-state index in [1.807, 2.05) is 30.3 Å². The van der Waals surface area contributed by atoms with E-state index in [0.717, 1.165) is 13.0 Å². The Bertz CT molecular complexity index is 687. The van der Waals surface area contributed by atoms with Crippen molar-refractivity contribution < 1.29 is 14.2 Å². The maximum Gasteiger partial charge on any atom is 0.328 e. The molecule has 0 saturated heterocycles. The molecule has 0 bridgehead atoms. The molecule has 2 rings (SSSR count). The molecule has 0 spiro atoms. The number of nitrogens with two attached hydrogens (primary N) is 1. The highest BCUT2D eigenvalue weighted by Crippen LogP contribution is 2.19. The molecule has 1 aromatic carbocycles. The van der Waals surface area contributed by atoms with Gasteiger partial charge in [0.2, 0.25) is 11.9 Å². The van der Waals surface area contributed by atoms with E-state index >= 15 is 0 Å². The fourth-order valence-corrected chi connectivity index (χ4v) is 2.27. The predicted molar refractivity (Wildman–Crippen MR) is 113 cm³/mol. The van der Waals surface area contributed by atoms with Gasteiger partial charge < -0.3 is 30.6 Å². The number of nitrogens with one attached hydrogen (secondary N) is 2. The fraction of sp³-hybridized carbons (Fsp3) is 0.550. The third-order valence-electron chi connectivity index (χ3n) is 3.74. The van der Waals surface area contributed by atoms with Crippen LogP contribution >= 0.6 is 0 Å². The average Bonchev–Trinajstić information content (AvgIpc) is 2.70. The van der Waals surface area contributed by atoms with Crippen LogP contribution < -0.4 is 21.1 Å². The molecule has 0 aliphatic heterocycles. The second-order valence-corrected chi connectivity index (χ2v) is 6.73. The number of benzene rings is 1. The summed E-state index contributed by atoms with van der Waals surface area (Å²) in [5, 5.41) is 6.38. The highest BCUT2D eigenvalue weighted by atomic mass is 16.5. The number of para-hydroxylation sites is 1. The van der Waals surface area contributed by atoms with Crippen molar-refractivity contribution in [3.8, 4) is 11.8 Å². The van der Waals surface area contributed by atoms with E-state index in [0.29, 0.717) is 63.1 Å². The third kappa shape index (κ3) is 10.0. The molecule has 0 unspecified atom stereocenters. The molecule has 1 heterocycles. The van der Waals surface area contributed by atoms with Crippen molar-refractivity contribution >= 4 is 11.9 Å². The first-order valence-corrected chi connectivity index (χ1v) is 9.99. The Kier molecular flexibility index (Phi) is 10.7. The summed E-state index contributed by atoms with van der Waals surface area (Å²) in [7, 11) is 0. The van der Waals surface area contributed by atoms with Gasteiger partial charge in [-0.25, -0.2) is 0 Å². The van der Waals surface area contributed by atoms with Crippen molar-refractivity contribution in [3.05, 3.63) is 30.3 Å². The quantitative estimate of drug-likeness (QED) is 0.385. The van der Waals surface area contributed by atoms with Gasteiger partial charge in [-0.05, 0) is 24.5 Å². The van der Waals surface area contributed by atoms with Crippen molar-refractivity contribution in [1.29, 1.82) is 0 Å². The van der Waals surface area contributed by atoms with E-state index in [2.05, 4.69) is 39.4 Å². The van der Waals surface area contributed by atoms with Crippen LogP contribution in [0.5, 0.6) is 11.8 Å². The van der Waals surface area contributed by atoms with Gasteiger partial charge in [-0.1, -0.05) is 32.0 Å². The molecule has 0 atom stereocenters.